The largest absolute Gasteiger partial charge is 0.288 e. The predicted octanol–water partition coefficient (Wildman–Crippen LogP) is 0.653. The van der Waals surface area contributed by atoms with Crippen LogP contribution in [0.1, 0.15) is 12.5 Å². The lowest BCUT2D eigenvalue weighted by atomic mass is 10.3. The minimum atomic E-state index is 0.461. The van der Waals surface area contributed by atoms with Crippen LogP contribution < -0.4 is 0 Å². The van der Waals surface area contributed by atoms with Gasteiger partial charge in [0, 0.05) is 25.5 Å². The third-order valence-corrected chi connectivity index (χ3v) is 2.44. The molecule has 1 aliphatic heterocycles. The fourth-order valence-electron chi connectivity index (χ4n) is 1.77. The van der Waals surface area contributed by atoms with Gasteiger partial charge in [-0.25, -0.2) is 0 Å². The number of likely N-dealkylation sites (tertiary alicyclic amines) is 1. The lowest BCUT2D eigenvalue weighted by molar-refractivity contribution is 0.354. The predicted molar refractivity (Wildman–Crippen MR) is 47.9 cm³/mol. The summed E-state index contributed by atoms with van der Waals surface area (Å²) < 4.78 is 1.98. The van der Waals surface area contributed by atoms with E-state index in [1.54, 1.807) is 6.20 Å². The molecule has 0 aliphatic carbocycles. The Kier molecular flexibility index (Phi) is 2.28. The number of nitrogens with zero attached hydrogens (tertiary/aromatic N) is 4. The van der Waals surface area contributed by atoms with Gasteiger partial charge in [0.25, 0.3) is 0 Å². The molecule has 0 radical (unpaired) electrons. The summed E-state index contributed by atoms with van der Waals surface area (Å²) in [6, 6.07) is 4.57. The van der Waals surface area contributed by atoms with Gasteiger partial charge in [-0.15, -0.1) is 0 Å². The zero-order valence-electron chi connectivity index (χ0n) is 7.43. The second kappa shape index (κ2) is 3.58. The van der Waals surface area contributed by atoms with Crippen molar-refractivity contribution in [2.24, 2.45) is 0 Å². The summed E-state index contributed by atoms with van der Waals surface area (Å²) in [5, 5.41) is 12.7. The molecule has 1 aromatic heterocycles. The molecule has 0 N–H and O–H groups in total. The van der Waals surface area contributed by atoms with Gasteiger partial charge in [0.2, 0.25) is 0 Å². The number of rotatable bonds is 2. The summed E-state index contributed by atoms with van der Waals surface area (Å²) in [5.74, 6) is 0. The molecule has 68 valence electrons. The first-order valence-electron chi connectivity index (χ1n) is 4.48. The van der Waals surface area contributed by atoms with Gasteiger partial charge in [-0.3, -0.25) is 9.58 Å². The summed E-state index contributed by atoms with van der Waals surface area (Å²) in [6.07, 6.45) is 4.89. The topological polar surface area (TPSA) is 44.9 Å². The van der Waals surface area contributed by atoms with E-state index in [0.717, 1.165) is 19.5 Å². The molecule has 0 amide bonds. The van der Waals surface area contributed by atoms with Crippen LogP contribution in [0.3, 0.4) is 0 Å². The average Bonchev–Trinajstić information content (AvgIpc) is 2.70. The third kappa shape index (κ3) is 1.70. The van der Waals surface area contributed by atoms with Crippen molar-refractivity contribution in [1.82, 2.24) is 14.7 Å². The lowest BCUT2D eigenvalue weighted by Gasteiger charge is -2.11. The lowest BCUT2D eigenvalue weighted by Crippen LogP contribution is -2.21. The molecule has 1 fully saturated rings. The molecule has 4 nitrogen and oxygen atoms in total. The minimum absolute atomic E-state index is 0.461. The first-order valence-corrected chi connectivity index (χ1v) is 4.48. The van der Waals surface area contributed by atoms with Crippen LogP contribution in [0.25, 0.3) is 0 Å². The standard InChI is InChI=1S/C9H12N4/c10-3-7-12-6-2-9(8-12)13-5-1-4-11-13/h1,4-5,9H,2,6-8H2. The molecule has 2 rings (SSSR count). The second-order valence-electron chi connectivity index (χ2n) is 3.32. The fourth-order valence-corrected chi connectivity index (χ4v) is 1.77. The van der Waals surface area contributed by atoms with Crippen LogP contribution in [0.4, 0.5) is 0 Å². The van der Waals surface area contributed by atoms with E-state index in [-0.39, 0.29) is 0 Å². The molecule has 4 heteroatoms. The van der Waals surface area contributed by atoms with Gasteiger partial charge in [0.15, 0.2) is 0 Å². The maximum atomic E-state index is 8.53. The second-order valence-corrected chi connectivity index (χ2v) is 3.32. The Hall–Kier alpha value is -1.34. The molecule has 13 heavy (non-hydrogen) atoms. The van der Waals surface area contributed by atoms with Crippen molar-refractivity contribution in [2.45, 2.75) is 12.5 Å². The molecular formula is C9H12N4. The molecule has 2 heterocycles. The van der Waals surface area contributed by atoms with Crippen LogP contribution >= 0.6 is 0 Å². The first-order chi connectivity index (χ1) is 6.40. The number of aromatic nitrogens is 2. The molecule has 1 unspecified atom stereocenters. The van der Waals surface area contributed by atoms with Crippen LogP contribution in [0.15, 0.2) is 18.5 Å². The highest BCUT2D eigenvalue weighted by molar-refractivity contribution is 4.88. The smallest absolute Gasteiger partial charge is 0.0866 e. The van der Waals surface area contributed by atoms with E-state index in [4.69, 9.17) is 5.26 Å². The van der Waals surface area contributed by atoms with Crippen LogP contribution in [0.2, 0.25) is 0 Å². The van der Waals surface area contributed by atoms with E-state index in [0.29, 0.717) is 12.6 Å². The summed E-state index contributed by atoms with van der Waals surface area (Å²) in [4.78, 5) is 2.16. The van der Waals surface area contributed by atoms with Crippen molar-refractivity contribution >= 4 is 0 Å². The van der Waals surface area contributed by atoms with Gasteiger partial charge >= 0.3 is 0 Å². The molecule has 0 bridgehead atoms. The molecule has 0 saturated carbocycles. The number of nitriles is 1. The highest BCUT2D eigenvalue weighted by atomic mass is 15.3. The summed E-state index contributed by atoms with van der Waals surface area (Å²) in [5.41, 5.74) is 0. The SMILES string of the molecule is N#CCN1CCC(n2cccn2)C1. The van der Waals surface area contributed by atoms with E-state index in [1.165, 1.54) is 0 Å². The van der Waals surface area contributed by atoms with Crippen LogP contribution in [-0.2, 0) is 0 Å². The van der Waals surface area contributed by atoms with E-state index < -0.39 is 0 Å². The van der Waals surface area contributed by atoms with Crippen molar-refractivity contribution < 1.29 is 0 Å². The van der Waals surface area contributed by atoms with Crippen molar-refractivity contribution in [1.29, 1.82) is 5.26 Å². The number of hydrogen-bond donors (Lipinski definition) is 0. The maximum Gasteiger partial charge on any atom is 0.0866 e. The Morgan fingerprint density at radius 1 is 1.62 bits per heavy atom. The summed E-state index contributed by atoms with van der Waals surface area (Å²) >= 11 is 0. The van der Waals surface area contributed by atoms with E-state index >= 15 is 0 Å². The summed E-state index contributed by atoms with van der Waals surface area (Å²) in [6.45, 7) is 2.51. The highest BCUT2D eigenvalue weighted by Crippen LogP contribution is 2.19. The fraction of sp³-hybridized carbons (Fsp3) is 0.556. The Balaban J connectivity index is 1.96. The molecule has 0 aromatic carbocycles. The molecule has 1 aromatic rings. The van der Waals surface area contributed by atoms with Crippen molar-refractivity contribution in [3.8, 4) is 6.07 Å². The van der Waals surface area contributed by atoms with Crippen molar-refractivity contribution in [2.75, 3.05) is 19.6 Å². The number of hydrogen-bond acceptors (Lipinski definition) is 3. The van der Waals surface area contributed by atoms with Gasteiger partial charge in [-0.1, -0.05) is 0 Å². The Morgan fingerprint density at radius 3 is 3.23 bits per heavy atom. The van der Waals surface area contributed by atoms with Gasteiger partial charge in [-0.05, 0) is 12.5 Å². The average molecular weight is 176 g/mol. The van der Waals surface area contributed by atoms with Crippen LogP contribution in [-0.4, -0.2) is 34.3 Å². The Morgan fingerprint density at radius 2 is 2.54 bits per heavy atom. The first kappa shape index (κ1) is 8.27. The van der Waals surface area contributed by atoms with E-state index in [1.807, 2.05) is 16.9 Å². The monoisotopic (exact) mass is 176 g/mol. The van der Waals surface area contributed by atoms with Crippen molar-refractivity contribution in [3.05, 3.63) is 18.5 Å². The van der Waals surface area contributed by atoms with Gasteiger partial charge in [0.05, 0.1) is 18.7 Å². The van der Waals surface area contributed by atoms with Crippen LogP contribution in [0.5, 0.6) is 0 Å². The van der Waals surface area contributed by atoms with Gasteiger partial charge < -0.3 is 0 Å². The van der Waals surface area contributed by atoms with Crippen LogP contribution in [0, 0.1) is 11.3 Å². The Labute approximate surface area is 77.4 Å². The minimum Gasteiger partial charge on any atom is -0.288 e. The highest BCUT2D eigenvalue weighted by Gasteiger charge is 2.23. The van der Waals surface area contributed by atoms with E-state index in [2.05, 4.69) is 16.1 Å². The zero-order chi connectivity index (χ0) is 9.10. The van der Waals surface area contributed by atoms with E-state index in [9.17, 15) is 0 Å². The molecule has 0 spiro atoms. The quantitative estimate of drug-likeness (QED) is 0.621. The van der Waals surface area contributed by atoms with Crippen molar-refractivity contribution in [3.63, 3.8) is 0 Å². The zero-order valence-corrected chi connectivity index (χ0v) is 7.43. The normalized spacial score (nSPS) is 23.2. The molecular weight excluding hydrogens is 164 g/mol. The van der Waals surface area contributed by atoms with Gasteiger partial charge in [-0.2, -0.15) is 10.4 Å². The van der Waals surface area contributed by atoms with Gasteiger partial charge in [0.1, 0.15) is 0 Å². The maximum absolute atomic E-state index is 8.53. The molecule has 1 atom stereocenters. The Bertz CT molecular complexity index is 298. The molecule has 1 saturated heterocycles. The third-order valence-electron chi connectivity index (χ3n) is 2.44. The molecule has 1 aliphatic rings. The summed E-state index contributed by atoms with van der Waals surface area (Å²) in [7, 11) is 0.